The Kier molecular flexibility index (Phi) is 3.37. The van der Waals surface area contributed by atoms with Gasteiger partial charge in [0.2, 0.25) is 34.8 Å². The Morgan fingerprint density at radius 2 is 0.957 bits per heavy atom. The SMILES string of the molecule is CC1(F)C(F)(F)C(F)(F)C1(F)Oc1c(F)c(F)c(F)c(F)c1F. The molecule has 1 aliphatic rings. The van der Waals surface area contributed by atoms with Crippen molar-refractivity contribution in [2.75, 3.05) is 0 Å². The number of benzene rings is 1. The van der Waals surface area contributed by atoms with Gasteiger partial charge in [-0.25, -0.2) is 17.6 Å². The molecule has 1 aliphatic carbocycles. The van der Waals surface area contributed by atoms with Crippen LogP contribution in [0.1, 0.15) is 6.92 Å². The highest BCUT2D eigenvalue weighted by Crippen LogP contribution is 2.68. The van der Waals surface area contributed by atoms with Crippen LogP contribution in [0.25, 0.3) is 0 Å². The summed E-state index contributed by atoms with van der Waals surface area (Å²) in [6.07, 6.45) is 0. The molecular weight excluding hydrogens is 357 g/mol. The van der Waals surface area contributed by atoms with Gasteiger partial charge in [0.25, 0.3) is 5.67 Å². The molecule has 2 atom stereocenters. The van der Waals surface area contributed by atoms with Crippen LogP contribution in [0.15, 0.2) is 0 Å². The molecule has 1 aromatic rings. The Balaban J connectivity index is 2.61. The van der Waals surface area contributed by atoms with E-state index in [-0.39, 0.29) is 0 Å². The zero-order chi connectivity index (χ0) is 18.2. The number of alkyl halides is 6. The lowest BCUT2D eigenvalue weighted by molar-refractivity contribution is -0.480. The molecule has 1 saturated carbocycles. The molecule has 0 bridgehead atoms. The van der Waals surface area contributed by atoms with Crippen LogP contribution in [0.2, 0.25) is 0 Å². The molecule has 1 nitrogen and oxygen atoms in total. The van der Waals surface area contributed by atoms with Gasteiger partial charge in [0.05, 0.1) is 0 Å². The molecule has 0 radical (unpaired) electrons. The summed E-state index contributed by atoms with van der Waals surface area (Å²) in [5.41, 5.74) is -4.82. The summed E-state index contributed by atoms with van der Waals surface area (Å²) in [7, 11) is 0. The Bertz CT molecular complexity index is 634. The third kappa shape index (κ3) is 1.69. The first-order valence-electron chi connectivity index (χ1n) is 5.49. The zero-order valence-electron chi connectivity index (χ0n) is 10.6. The molecule has 0 N–H and O–H groups in total. The fourth-order valence-electron chi connectivity index (χ4n) is 1.91. The van der Waals surface area contributed by atoms with Gasteiger partial charge in [-0.05, 0) is 6.92 Å². The fourth-order valence-corrected chi connectivity index (χ4v) is 1.91. The van der Waals surface area contributed by atoms with Gasteiger partial charge in [-0.2, -0.15) is 30.7 Å². The maximum absolute atomic E-state index is 13.9. The number of halogens is 11. The lowest BCUT2D eigenvalue weighted by Gasteiger charge is -2.55. The predicted octanol–water partition coefficient (Wildman–Crippen LogP) is 4.44. The van der Waals surface area contributed by atoms with E-state index in [0.29, 0.717) is 0 Å². The van der Waals surface area contributed by atoms with Crippen molar-refractivity contribution < 1.29 is 53.0 Å². The topological polar surface area (TPSA) is 9.23 Å². The molecule has 0 heterocycles. The minimum absolute atomic E-state index is 0.420. The van der Waals surface area contributed by atoms with Crippen LogP contribution >= 0.6 is 0 Å². The molecular formula is C11H3F11O. The molecule has 0 saturated heterocycles. The van der Waals surface area contributed by atoms with E-state index < -0.39 is 65.1 Å². The van der Waals surface area contributed by atoms with Gasteiger partial charge in [0, 0.05) is 0 Å². The van der Waals surface area contributed by atoms with Gasteiger partial charge in [-0.3, -0.25) is 0 Å². The van der Waals surface area contributed by atoms with Gasteiger partial charge in [0.15, 0.2) is 0 Å². The van der Waals surface area contributed by atoms with Crippen molar-refractivity contribution in [2.45, 2.75) is 30.3 Å². The molecule has 130 valence electrons. The van der Waals surface area contributed by atoms with Gasteiger partial charge < -0.3 is 4.74 Å². The standard InChI is InChI=1S/C11H3F11O/c1-8(17)9(18,19)10(20,21)11(8,22)23-7-5(15)3(13)2(12)4(14)6(7)16/h1H3. The first-order chi connectivity index (χ1) is 10.1. The Labute approximate surface area is 119 Å². The highest BCUT2D eigenvalue weighted by molar-refractivity contribution is 5.34. The van der Waals surface area contributed by atoms with Crippen LogP contribution in [0, 0.1) is 29.1 Å². The maximum Gasteiger partial charge on any atom is 0.385 e. The van der Waals surface area contributed by atoms with Gasteiger partial charge in [-0.15, -0.1) is 0 Å². The predicted molar refractivity (Wildman–Crippen MR) is 50.1 cm³/mol. The molecule has 0 amide bonds. The molecule has 0 aliphatic heterocycles. The molecule has 23 heavy (non-hydrogen) atoms. The summed E-state index contributed by atoms with van der Waals surface area (Å²) >= 11 is 0. The summed E-state index contributed by atoms with van der Waals surface area (Å²) in [4.78, 5) is 0. The van der Waals surface area contributed by atoms with Gasteiger partial charge >= 0.3 is 17.7 Å². The summed E-state index contributed by atoms with van der Waals surface area (Å²) in [5.74, 6) is -33.7. The monoisotopic (exact) mass is 360 g/mol. The van der Waals surface area contributed by atoms with Crippen molar-refractivity contribution in [2.24, 2.45) is 0 Å². The summed E-state index contributed by atoms with van der Waals surface area (Å²) in [6.45, 7) is -0.420. The largest absolute Gasteiger partial charge is 0.443 e. The van der Waals surface area contributed by atoms with E-state index in [1.54, 1.807) is 0 Å². The van der Waals surface area contributed by atoms with E-state index in [9.17, 15) is 48.3 Å². The highest BCUT2D eigenvalue weighted by atomic mass is 19.3. The van der Waals surface area contributed by atoms with E-state index in [2.05, 4.69) is 4.74 Å². The Hall–Kier alpha value is -1.75. The fraction of sp³-hybridized carbons (Fsp3) is 0.455. The molecule has 2 unspecified atom stereocenters. The third-order valence-corrected chi connectivity index (χ3v) is 3.40. The van der Waals surface area contributed by atoms with E-state index in [1.165, 1.54) is 0 Å². The van der Waals surface area contributed by atoms with E-state index in [1.807, 2.05) is 0 Å². The zero-order valence-corrected chi connectivity index (χ0v) is 10.6. The van der Waals surface area contributed by atoms with Crippen molar-refractivity contribution in [1.29, 1.82) is 0 Å². The van der Waals surface area contributed by atoms with Crippen molar-refractivity contribution in [1.82, 2.24) is 0 Å². The number of rotatable bonds is 2. The molecule has 1 fully saturated rings. The minimum Gasteiger partial charge on any atom is -0.443 e. The number of ether oxygens (including phenoxy) is 1. The third-order valence-electron chi connectivity index (χ3n) is 3.40. The highest BCUT2D eigenvalue weighted by Gasteiger charge is 2.99. The molecule has 0 aromatic heterocycles. The van der Waals surface area contributed by atoms with Gasteiger partial charge in [-0.1, -0.05) is 0 Å². The van der Waals surface area contributed by atoms with Crippen molar-refractivity contribution in [3.8, 4) is 5.75 Å². The second-order valence-electron chi connectivity index (χ2n) is 4.75. The van der Waals surface area contributed by atoms with Crippen LogP contribution in [0.3, 0.4) is 0 Å². The Morgan fingerprint density at radius 3 is 1.30 bits per heavy atom. The summed E-state index contributed by atoms with van der Waals surface area (Å²) in [5, 5.41) is 0. The van der Waals surface area contributed by atoms with Crippen LogP contribution in [-0.4, -0.2) is 23.4 Å². The van der Waals surface area contributed by atoms with Crippen LogP contribution < -0.4 is 4.74 Å². The second-order valence-corrected chi connectivity index (χ2v) is 4.75. The first kappa shape index (κ1) is 17.6. The maximum atomic E-state index is 13.9. The first-order valence-corrected chi connectivity index (χ1v) is 5.49. The van der Waals surface area contributed by atoms with Crippen LogP contribution in [0.5, 0.6) is 5.75 Å². The lowest BCUT2D eigenvalue weighted by Crippen LogP contribution is -2.86. The lowest BCUT2D eigenvalue weighted by atomic mass is 9.69. The van der Waals surface area contributed by atoms with E-state index >= 15 is 0 Å². The summed E-state index contributed by atoms with van der Waals surface area (Å²) < 4.78 is 147. The van der Waals surface area contributed by atoms with Crippen LogP contribution in [-0.2, 0) is 0 Å². The molecule has 1 aromatic carbocycles. The summed E-state index contributed by atoms with van der Waals surface area (Å²) in [6, 6.07) is 0. The normalized spacial score (nSPS) is 31.7. The minimum atomic E-state index is -5.94. The van der Waals surface area contributed by atoms with Crippen molar-refractivity contribution in [3.05, 3.63) is 29.1 Å². The average Bonchev–Trinajstić information content (AvgIpc) is 2.46. The Morgan fingerprint density at radius 1 is 0.609 bits per heavy atom. The molecule has 0 spiro atoms. The van der Waals surface area contributed by atoms with Gasteiger partial charge in [0.1, 0.15) is 0 Å². The quantitative estimate of drug-likeness (QED) is 0.431. The van der Waals surface area contributed by atoms with Crippen molar-refractivity contribution >= 4 is 0 Å². The van der Waals surface area contributed by atoms with Crippen molar-refractivity contribution in [3.63, 3.8) is 0 Å². The van der Waals surface area contributed by atoms with E-state index in [0.717, 1.165) is 0 Å². The van der Waals surface area contributed by atoms with Crippen LogP contribution in [0.4, 0.5) is 48.3 Å². The molecule has 12 heteroatoms. The number of hydrogen-bond acceptors (Lipinski definition) is 1. The smallest absolute Gasteiger partial charge is 0.385 e. The molecule has 2 rings (SSSR count). The second kappa shape index (κ2) is 4.41. The average molecular weight is 360 g/mol. The van der Waals surface area contributed by atoms with E-state index in [4.69, 9.17) is 0 Å². The number of hydrogen-bond donors (Lipinski definition) is 0.